The molecule has 2 aromatic rings. The van der Waals surface area contributed by atoms with Crippen LogP contribution < -0.4 is 9.47 Å². The minimum Gasteiger partial charge on any atom is -0.493 e. The highest BCUT2D eigenvalue weighted by atomic mass is 16.7. The van der Waals surface area contributed by atoms with Gasteiger partial charge in [0.15, 0.2) is 36.0 Å². The third-order valence-electron chi connectivity index (χ3n) is 6.61. The van der Waals surface area contributed by atoms with E-state index in [1.54, 1.807) is 13.3 Å². The van der Waals surface area contributed by atoms with Crippen LogP contribution in [0, 0.1) is 0 Å². The number of esters is 4. The van der Waals surface area contributed by atoms with Gasteiger partial charge >= 0.3 is 23.9 Å². The molecule has 0 unspecified atom stereocenters. The Hall–Kier alpha value is -4.13. The zero-order chi connectivity index (χ0) is 29.1. The molecule has 0 saturated carbocycles. The number of carbonyl (C=O) groups excluding carboxylic acids is 4. The van der Waals surface area contributed by atoms with Crippen LogP contribution in [0.3, 0.4) is 0 Å². The first kappa shape index (κ1) is 28.9. The summed E-state index contributed by atoms with van der Waals surface area (Å²) in [4.78, 5) is 48.2. The molecule has 0 radical (unpaired) electrons. The Bertz CT molecular complexity index is 1300. The fourth-order valence-corrected chi connectivity index (χ4v) is 5.09. The van der Waals surface area contributed by atoms with Crippen molar-refractivity contribution in [3.63, 3.8) is 0 Å². The first-order valence-corrected chi connectivity index (χ1v) is 12.7. The van der Waals surface area contributed by atoms with Crippen molar-refractivity contribution in [1.29, 1.82) is 0 Å². The summed E-state index contributed by atoms with van der Waals surface area (Å²) < 4.78 is 40.7. The summed E-state index contributed by atoms with van der Waals surface area (Å²) in [6.07, 6.45) is -3.05. The summed E-state index contributed by atoms with van der Waals surface area (Å²) in [6, 6.07) is 3.72. The molecule has 13 nitrogen and oxygen atoms in total. The largest absolute Gasteiger partial charge is 0.493 e. The predicted molar refractivity (Wildman–Crippen MR) is 135 cm³/mol. The molecular weight excluding hydrogens is 528 g/mol. The molecule has 216 valence electrons. The topological polar surface area (TPSA) is 151 Å². The van der Waals surface area contributed by atoms with E-state index < -0.39 is 54.5 Å². The highest BCUT2D eigenvalue weighted by Crippen LogP contribution is 2.43. The molecule has 40 heavy (non-hydrogen) atoms. The van der Waals surface area contributed by atoms with E-state index in [4.69, 9.17) is 33.2 Å². The Morgan fingerprint density at radius 3 is 2.00 bits per heavy atom. The lowest BCUT2D eigenvalue weighted by molar-refractivity contribution is -0.270. The van der Waals surface area contributed by atoms with Crippen LogP contribution in [-0.4, -0.2) is 78.9 Å². The van der Waals surface area contributed by atoms with Crippen molar-refractivity contribution in [2.45, 2.75) is 71.2 Å². The summed E-state index contributed by atoms with van der Waals surface area (Å²) in [6.45, 7) is 4.42. The number of ether oxygens (including phenoxy) is 7. The number of carbonyl (C=O) groups is 4. The molecular formula is C27H32N2O11. The van der Waals surface area contributed by atoms with E-state index in [9.17, 15) is 19.2 Å². The van der Waals surface area contributed by atoms with Gasteiger partial charge in [-0.25, -0.2) is 4.68 Å². The monoisotopic (exact) mass is 560 g/mol. The Kier molecular flexibility index (Phi) is 8.62. The minimum atomic E-state index is -1.31. The minimum absolute atomic E-state index is 0.334. The van der Waals surface area contributed by atoms with E-state index in [1.165, 1.54) is 39.5 Å². The maximum atomic E-state index is 12.3. The summed E-state index contributed by atoms with van der Waals surface area (Å²) in [5.41, 5.74) is 3.33. The third-order valence-corrected chi connectivity index (χ3v) is 6.61. The van der Waals surface area contributed by atoms with E-state index in [0.717, 1.165) is 16.7 Å². The van der Waals surface area contributed by atoms with Gasteiger partial charge in [-0.05, 0) is 36.1 Å². The third kappa shape index (κ3) is 5.88. The Balaban J connectivity index is 1.87. The number of methoxy groups -OCH3 is 2. The van der Waals surface area contributed by atoms with Crippen molar-refractivity contribution in [2.75, 3.05) is 20.8 Å². The van der Waals surface area contributed by atoms with Crippen molar-refractivity contribution in [1.82, 2.24) is 9.78 Å². The first-order chi connectivity index (χ1) is 19.0. The number of fused-ring (bicyclic) bond motifs is 3. The molecule has 2 aliphatic rings. The molecule has 1 saturated heterocycles. The summed E-state index contributed by atoms with van der Waals surface area (Å²) in [5, 5.41) is 4.58. The van der Waals surface area contributed by atoms with Gasteiger partial charge in [0.25, 0.3) is 0 Å². The van der Waals surface area contributed by atoms with Crippen LogP contribution in [0.25, 0.3) is 11.3 Å². The van der Waals surface area contributed by atoms with Crippen LogP contribution in [0.1, 0.15) is 45.0 Å². The lowest BCUT2D eigenvalue weighted by atomic mass is 9.89. The van der Waals surface area contributed by atoms with Gasteiger partial charge in [-0.15, -0.1) is 0 Å². The zero-order valence-corrected chi connectivity index (χ0v) is 23.1. The van der Waals surface area contributed by atoms with Gasteiger partial charge in [0, 0.05) is 33.3 Å². The van der Waals surface area contributed by atoms with Gasteiger partial charge in [-0.3, -0.25) is 19.2 Å². The SMILES string of the molecule is COc1cc2c(cc1OC)-c1c(cnn1[C@@H]1O[C@H](COC(C)=O)[C@H](OC(C)=O)[C@H](OC(C)=O)[C@@H]1OC(C)=O)CC2. The molecule has 4 rings (SSSR count). The standard InChI is InChI=1S/C27H32N2O11/c1-13(30)36-12-22-24(37-14(2)31)25(38-15(3)32)26(39-16(4)33)27(40-22)29-23-18(11-28-29)8-7-17-9-20(34-5)21(35-6)10-19(17)23/h9-11,22,24-27H,7-8,12H2,1-6H3/t22-,24+,25+,26+,27-/m1/s1. The average molecular weight is 561 g/mol. The summed E-state index contributed by atoms with van der Waals surface area (Å²) >= 11 is 0. The van der Waals surface area contributed by atoms with Gasteiger partial charge in [-0.1, -0.05) is 0 Å². The van der Waals surface area contributed by atoms with Crippen LogP contribution in [0.5, 0.6) is 11.5 Å². The Morgan fingerprint density at radius 2 is 1.40 bits per heavy atom. The summed E-state index contributed by atoms with van der Waals surface area (Å²) in [7, 11) is 3.09. The molecule has 13 heteroatoms. The lowest BCUT2D eigenvalue weighted by Crippen LogP contribution is -2.60. The molecule has 0 bridgehead atoms. The summed E-state index contributed by atoms with van der Waals surface area (Å²) in [5.74, 6) is -1.63. The lowest BCUT2D eigenvalue weighted by Gasteiger charge is -2.44. The second-order valence-electron chi connectivity index (χ2n) is 9.42. The Morgan fingerprint density at radius 1 is 0.825 bits per heavy atom. The fraction of sp³-hybridized carbons (Fsp3) is 0.519. The quantitative estimate of drug-likeness (QED) is 0.343. The van der Waals surface area contributed by atoms with Crippen molar-refractivity contribution in [3.05, 3.63) is 29.5 Å². The van der Waals surface area contributed by atoms with Gasteiger partial charge in [0.05, 0.1) is 26.1 Å². The molecule has 1 fully saturated rings. The molecule has 1 aliphatic heterocycles. The van der Waals surface area contributed by atoms with Crippen LogP contribution in [0.4, 0.5) is 0 Å². The van der Waals surface area contributed by atoms with E-state index >= 15 is 0 Å². The molecule has 1 aromatic carbocycles. The van der Waals surface area contributed by atoms with Gasteiger partial charge in [0.1, 0.15) is 12.7 Å². The maximum absolute atomic E-state index is 12.3. The average Bonchev–Trinajstić information content (AvgIpc) is 3.32. The number of aromatic nitrogens is 2. The van der Waals surface area contributed by atoms with Crippen LogP contribution in [0.2, 0.25) is 0 Å². The Labute approximate surface area is 230 Å². The van der Waals surface area contributed by atoms with Crippen molar-refractivity contribution < 1.29 is 52.3 Å². The van der Waals surface area contributed by atoms with E-state index in [1.807, 2.05) is 12.1 Å². The number of benzene rings is 1. The zero-order valence-electron chi connectivity index (χ0n) is 23.1. The van der Waals surface area contributed by atoms with Gasteiger partial charge in [0.2, 0.25) is 0 Å². The van der Waals surface area contributed by atoms with E-state index in [-0.39, 0.29) is 6.61 Å². The molecule has 0 amide bonds. The van der Waals surface area contributed by atoms with Crippen LogP contribution >= 0.6 is 0 Å². The number of hydrogen-bond donors (Lipinski definition) is 0. The van der Waals surface area contributed by atoms with Crippen molar-refractivity contribution >= 4 is 23.9 Å². The molecule has 0 spiro atoms. The molecule has 5 atom stereocenters. The second kappa shape index (κ2) is 11.9. The van der Waals surface area contributed by atoms with Gasteiger partial charge in [-0.2, -0.15) is 5.10 Å². The van der Waals surface area contributed by atoms with Crippen molar-refractivity contribution in [3.8, 4) is 22.8 Å². The number of hydrogen-bond acceptors (Lipinski definition) is 12. The van der Waals surface area contributed by atoms with Crippen molar-refractivity contribution in [2.24, 2.45) is 0 Å². The highest BCUT2D eigenvalue weighted by Gasteiger charge is 2.53. The normalized spacial score (nSPS) is 23.2. The van der Waals surface area contributed by atoms with E-state index in [0.29, 0.717) is 30.0 Å². The number of aryl methyl sites for hydroxylation is 2. The molecule has 0 N–H and O–H groups in total. The predicted octanol–water partition coefficient (Wildman–Crippen LogP) is 1.92. The first-order valence-electron chi connectivity index (χ1n) is 12.7. The van der Waals surface area contributed by atoms with E-state index in [2.05, 4.69) is 5.10 Å². The highest BCUT2D eigenvalue weighted by molar-refractivity contribution is 5.74. The molecule has 1 aromatic heterocycles. The van der Waals surface area contributed by atoms with Gasteiger partial charge < -0.3 is 33.2 Å². The number of nitrogens with zero attached hydrogens (tertiary/aromatic N) is 2. The smallest absolute Gasteiger partial charge is 0.303 e. The van der Waals surface area contributed by atoms with Crippen LogP contribution in [-0.2, 0) is 55.7 Å². The maximum Gasteiger partial charge on any atom is 0.303 e. The number of rotatable bonds is 8. The second-order valence-corrected chi connectivity index (χ2v) is 9.42. The van der Waals surface area contributed by atoms with Crippen LogP contribution in [0.15, 0.2) is 18.3 Å². The molecule has 1 aliphatic carbocycles. The fourth-order valence-electron chi connectivity index (χ4n) is 5.09. The molecule has 2 heterocycles.